The van der Waals surface area contributed by atoms with E-state index in [0.29, 0.717) is 11.7 Å². The largest absolute Gasteiger partial charge is 0.331 e. The number of benzene rings is 2. The molecule has 0 saturated carbocycles. The number of nitrogens with zero attached hydrogens (tertiary/aromatic N) is 1. The third-order valence-corrected chi connectivity index (χ3v) is 5.32. The Morgan fingerprint density at radius 3 is 2.55 bits per heavy atom. The van der Waals surface area contributed by atoms with E-state index in [2.05, 4.69) is 23.1 Å². The molecule has 7 heteroatoms. The van der Waals surface area contributed by atoms with Crippen LogP contribution in [0.15, 0.2) is 42.5 Å². The van der Waals surface area contributed by atoms with Gasteiger partial charge in [-0.3, -0.25) is 20.4 Å². The molecule has 2 aromatic carbocycles. The standard InChI is InChI=1S/C22H26N4O2S/c1-4-16-7-5-6-15(3)20(16)23-22(29)25-24-21(28)17-12-19(27)26(13-17)18-10-8-14(2)9-11-18/h5-11,17H,4,12-13H2,1-3H3,(H,24,28)(H2,23,25,29)/t17-/m1/s1. The first-order valence-corrected chi connectivity index (χ1v) is 10.1. The molecule has 0 aliphatic carbocycles. The number of hydrogen-bond donors (Lipinski definition) is 3. The number of hydrogen-bond acceptors (Lipinski definition) is 3. The fourth-order valence-electron chi connectivity index (χ4n) is 3.42. The minimum Gasteiger partial charge on any atom is -0.331 e. The number of nitrogens with one attached hydrogen (secondary N) is 3. The molecule has 1 atom stereocenters. The molecule has 0 unspecified atom stereocenters. The smallest absolute Gasteiger partial charge is 0.243 e. The molecule has 0 bridgehead atoms. The maximum atomic E-state index is 12.5. The van der Waals surface area contributed by atoms with Crippen molar-refractivity contribution in [3.05, 3.63) is 59.2 Å². The van der Waals surface area contributed by atoms with Crippen LogP contribution in [0.25, 0.3) is 0 Å². The van der Waals surface area contributed by atoms with Crippen molar-refractivity contribution in [2.45, 2.75) is 33.6 Å². The lowest BCUT2D eigenvalue weighted by atomic mass is 10.1. The summed E-state index contributed by atoms with van der Waals surface area (Å²) in [6.45, 7) is 6.43. The third-order valence-electron chi connectivity index (χ3n) is 5.12. The van der Waals surface area contributed by atoms with Crippen molar-refractivity contribution >= 4 is 40.5 Å². The number of aryl methyl sites for hydroxylation is 3. The van der Waals surface area contributed by atoms with Gasteiger partial charge in [-0.1, -0.05) is 42.8 Å². The van der Waals surface area contributed by atoms with Crippen LogP contribution in [0.1, 0.15) is 30.0 Å². The molecule has 152 valence electrons. The van der Waals surface area contributed by atoms with E-state index in [-0.39, 0.29) is 18.2 Å². The maximum absolute atomic E-state index is 12.5. The molecular formula is C22H26N4O2S. The highest BCUT2D eigenvalue weighted by atomic mass is 32.1. The summed E-state index contributed by atoms with van der Waals surface area (Å²) >= 11 is 5.32. The zero-order valence-electron chi connectivity index (χ0n) is 16.9. The fourth-order valence-corrected chi connectivity index (χ4v) is 3.58. The van der Waals surface area contributed by atoms with Crippen molar-refractivity contribution in [1.29, 1.82) is 0 Å². The second-order valence-corrected chi connectivity index (χ2v) is 7.68. The van der Waals surface area contributed by atoms with Crippen molar-refractivity contribution in [1.82, 2.24) is 10.9 Å². The van der Waals surface area contributed by atoms with Crippen LogP contribution in [-0.4, -0.2) is 23.5 Å². The Kier molecular flexibility index (Phi) is 6.49. The minimum absolute atomic E-state index is 0.0535. The molecule has 1 aliphatic rings. The molecule has 0 aromatic heterocycles. The normalized spacial score (nSPS) is 15.9. The van der Waals surface area contributed by atoms with Crippen LogP contribution in [0.5, 0.6) is 0 Å². The first-order valence-electron chi connectivity index (χ1n) is 9.71. The summed E-state index contributed by atoms with van der Waals surface area (Å²) < 4.78 is 0. The van der Waals surface area contributed by atoms with Gasteiger partial charge >= 0.3 is 0 Å². The van der Waals surface area contributed by atoms with Crippen LogP contribution in [-0.2, 0) is 16.0 Å². The van der Waals surface area contributed by atoms with Gasteiger partial charge in [0.05, 0.1) is 5.92 Å². The highest BCUT2D eigenvalue weighted by Gasteiger charge is 2.35. The molecule has 1 saturated heterocycles. The number of rotatable bonds is 4. The lowest BCUT2D eigenvalue weighted by Crippen LogP contribution is -2.46. The summed E-state index contributed by atoms with van der Waals surface area (Å²) in [5.41, 5.74) is 10.5. The van der Waals surface area contributed by atoms with Crippen LogP contribution in [0, 0.1) is 19.8 Å². The SMILES string of the molecule is CCc1cccc(C)c1NC(=S)NNC(=O)[C@@H]1CC(=O)N(c2ccc(C)cc2)C1. The van der Waals surface area contributed by atoms with Crippen molar-refractivity contribution in [3.63, 3.8) is 0 Å². The maximum Gasteiger partial charge on any atom is 0.243 e. The molecule has 0 radical (unpaired) electrons. The summed E-state index contributed by atoms with van der Waals surface area (Å²) in [7, 11) is 0. The van der Waals surface area contributed by atoms with Crippen LogP contribution in [0.3, 0.4) is 0 Å². The molecule has 1 fully saturated rings. The number of para-hydroxylation sites is 1. The van der Waals surface area contributed by atoms with Crippen molar-refractivity contribution < 1.29 is 9.59 Å². The van der Waals surface area contributed by atoms with Crippen molar-refractivity contribution in [2.24, 2.45) is 5.92 Å². The fraction of sp³-hybridized carbons (Fsp3) is 0.318. The zero-order chi connectivity index (χ0) is 21.0. The van der Waals surface area contributed by atoms with Gasteiger partial charge in [0.15, 0.2) is 5.11 Å². The van der Waals surface area contributed by atoms with Crippen LogP contribution >= 0.6 is 12.2 Å². The van der Waals surface area contributed by atoms with E-state index in [1.807, 2.05) is 56.3 Å². The monoisotopic (exact) mass is 410 g/mol. The van der Waals surface area contributed by atoms with E-state index < -0.39 is 5.92 Å². The lowest BCUT2D eigenvalue weighted by molar-refractivity contribution is -0.126. The number of thiocarbonyl (C=S) groups is 1. The van der Waals surface area contributed by atoms with Gasteiger partial charge in [-0.15, -0.1) is 0 Å². The molecule has 3 N–H and O–H groups in total. The summed E-state index contributed by atoms with van der Waals surface area (Å²) in [5.74, 6) is -0.733. The van der Waals surface area contributed by atoms with Crippen LogP contribution in [0.2, 0.25) is 0 Å². The average molecular weight is 411 g/mol. The average Bonchev–Trinajstić information content (AvgIpc) is 3.10. The van der Waals surface area contributed by atoms with Crippen LogP contribution < -0.4 is 21.1 Å². The molecule has 6 nitrogen and oxygen atoms in total. The molecule has 1 aliphatic heterocycles. The highest BCUT2D eigenvalue weighted by molar-refractivity contribution is 7.80. The first kappa shape index (κ1) is 20.8. The number of carbonyl (C=O) groups excluding carboxylic acids is 2. The van der Waals surface area contributed by atoms with Gasteiger partial charge in [0.2, 0.25) is 11.8 Å². The highest BCUT2D eigenvalue weighted by Crippen LogP contribution is 2.25. The Balaban J connectivity index is 1.55. The van der Waals surface area contributed by atoms with Gasteiger partial charge < -0.3 is 10.2 Å². The zero-order valence-corrected chi connectivity index (χ0v) is 17.7. The van der Waals surface area contributed by atoms with E-state index in [9.17, 15) is 9.59 Å². The van der Waals surface area contributed by atoms with Gasteiger partial charge in [0.25, 0.3) is 0 Å². The third kappa shape index (κ3) is 4.92. The Hall–Kier alpha value is -2.93. The Morgan fingerprint density at radius 2 is 1.86 bits per heavy atom. The van der Waals surface area contributed by atoms with E-state index in [0.717, 1.165) is 34.5 Å². The van der Waals surface area contributed by atoms with Crippen molar-refractivity contribution in [3.8, 4) is 0 Å². The number of carbonyl (C=O) groups is 2. The molecular weight excluding hydrogens is 384 g/mol. The summed E-state index contributed by atoms with van der Waals surface area (Å²) in [5, 5.41) is 3.46. The molecule has 0 spiro atoms. The van der Waals surface area contributed by atoms with Gasteiger partial charge in [-0.25, -0.2) is 0 Å². The van der Waals surface area contributed by atoms with E-state index in [1.54, 1.807) is 4.90 Å². The first-order chi connectivity index (χ1) is 13.9. The van der Waals surface area contributed by atoms with E-state index in [1.165, 1.54) is 0 Å². The molecule has 29 heavy (non-hydrogen) atoms. The Labute approximate surface area is 176 Å². The molecule has 3 rings (SSSR count). The van der Waals surface area contributed by atoms with E-state index >= 15 is 0 Å². The molecule has 2 aromatic rings. The molecule has 2 amide bonds. The number of hydrazine groups is 1. The topological polar surface area (TPSA) is 73.5 Å². The summed E-state index contributed by atoms with van der Waals surface area (Å²) in [4.78, 5) is 26.5. The molecule has 1 heterocycles. The van der Waals surface area contributed by atoms with Gasteiger partial charge in [0, 0.05) is 24.3 Å². The summed E-state index contributed by atoms with van der Waals surface area (Å²) in [6.07, 6.45) is 1.05. The van der Waals surface area contributed by atoms with Gasteiger partial charge in [0.1, 0.15) is 0 Å². The lowest BCUT2D eigenvalue weighted by Gasteiger charge is -2.18. The van der Waals surface area contributed by atoms with E-state index in [4.69, 9.17) is 12.2 Å². The quantitative estimate of drug-likeness (QED) is 0.533. The number of amides is 2. The van der Waals surface area contributed by atoms with Crippen molar-refractivity contribution in [2.75, 3.05) is 16.8 Å². The predicted octanol–water partition coefficient (Wildman–Crippen LogP) is 3.24. The number of anilines is 2. The Morgan fingerprint density at radius 1 is 1.14 bits per heavy atom. The van der Waals surface area contributed by atoms with Gasteiger partial charge in [-0.05, 0) is 55.7 Å². The summed E-state index contributed by atoms with van der Waals surface area (Å²) in [6, 6.07) is 13.8. The van der Waals surface area contributed by atoms with Gasteiger partial charge in [-0.2, -0.15) is 0 Å². The second-order valence-electron chi connectivity index (χ2n) is 7.27. The Bertz CT molecular complexity index is 927. The van der Waals surface area contributed by atoms with Crippen LogP contribution in [0.4, 0.5) is 11.4 Å². The second kappa shape index (κ2) is 9.05. The predicted molar refractivity (Wildman–Crippen MR) is 120 cm³/mol. The minimum atomic E-state index is -0.427.